The second kappa shape index (κ2) is 11.8. The van der Waals surface area contributed by atoms with Crippen LogP contribution in [-0.2, 0) is 0 Å². The molecule has 0 heterocycles. The van der Waals surface area contributed by atoms with E-state index in [9.17, 15) is 0 Å². The highest BCUT2D eigenvalue weighted by Gasteiger charge is 2.16. The molecule has 0 bridgehead atoms. The van der Waals surface area contributed by atoms with Crippen LogP contribution in [0, 0.1) is 0 Å². The van der Waals surface area contributed by atoms with Gasteiger partial charge >= 0.3 is 0 Å². The quantitative estimate of drug-likeness (QED) is 0.287. The molecule has 2 aromatic rings. The molecule has 4 heteroatoms. The predicted molar refractivity (Wildman–Crippen MR) is 137 cm³/mol. The summed E-state index contributed by atoms with van der Waals surface area (Å²) in [7, 11) is -1.14. The third-order valence-electron chi connectivity index (χ3n) is 5.65. The minimum absolute atomic E-state index is 0.494. The normalized spacial score (nSPS) is 12.5. The van der Waals surface area contributed by atoms with Gasteiger partial charge in [-0.2, -0.15) is 0 Å². The number of rotatable bonds is 11. The Labute approximate surface area is 189 Å². The predicted octanol–water partition coefficient (Wildman–Crippen LogP) is 6.64. The topological polar surface area (TPSA) is 18.5 Å². The molecular weight excluding hydrogens is 400 g/mol. The molecule has 0 aliphatic rings. The van der Waals surface area contributed by atoms with Gasteiger partial charge in [0.05, 0.1) is 0 Å². The van der Waals surface area contributed by atoms with Crippen molar-refractivity contribution in [2.45, 2.75) is 91.1 Å². The molecule has 0 radical (unpaired) electrons. The fourth-order valence-electron chi connectivity index (χ4n) is 4.18. The van der Waals surface area contributed by atoms with Gasteiger partial charge in [0.25, 0.3) is 0 Å². The fourth-order valence-corrected chi connectivity index (χ4v) is 7.05. The minimum atomic E-state index is -0.572. The molecule has 0 saturated heterocycles. The molecule has 0 spiro atoms. The van der Waals surface area contributed by atoms with Gasteiger partial charge in [-0.1, -0.05) is 79.7 Å². The Bertz CT molecular complexity index is 730. The molecule has 0 amide bonds. The second-order valence-corrected chi connectivity index (χ2v) is 12.3. The monoisotopic (exact) mass is 442 g/mol. The van der Waals surface area contributed by atoms with Gasteiger partial charge < -0.3 is 8.85 Å². The lowest BCUT2D eigenvalue weighted by Gasteiger charge is -2.21. The zero-order valence-electron chi connectivity index (χ0n) is 20.4. The molecule has 0 aromatic heterocycles. The average molecular weight is 443 g/mol. The van der Waals surface area contributed by atoms with Crippen LogP contribution in [-0.4, -0.2) is 19.5 Å². The Morgan fingerprint density at radius 2 is 0.933 bits per heavy atom. The highest BCUT2D eigenvalue weighted by molar-refractivity contribution is 6.35. The Kier molecular flexibility index (Phi) is 9.69. The lowest BCUT2D eigenvalue weighted by atomic mass is 9.90. The van der Waals surface area contributed by atoms with Gasteiger partial charge in [-0.05, 0) is 70.1 Å². The van der Waals surface area contributed by atoms with E-state index >= 15 is 0 Å². The van der Waals surface area contributed by atoms with Crippen molar-refractivity contribution in [3.8, 4) is 11.5 Å². The molecular formula is C26H42O2Si2. The van der Waals surface area contributed by atoms with Crippen LogP contribution in [0.15, 0.2) is 36.4 Å². The fraction of sp³-hybridized carbons (Fsp3) is 0.538. The first-order valence-electron chi connectivity index (χ1n) is 11.7. The van der Waals surface area contributed by atoms with Gasteiger partial charge in [-0.3, -0.25) is 0 Å². The Hall–Kier alpha value is -1.53. The van der Waals surface area contributed by atoms with E-state index in [1.807, 2.05) is 0 Å². The van der Waals surface area contributed by atoms with Crippen molar-refractivity contribution in [3.63, 3.8) is 0 Å². The molecule has 0 fully saturated rings. The first-order valence-corrected chi connectivity index (χ1v) is 14.9. The molecule has 0 atom stereocenters. The van der Waals surface area contributed by atoms with Gasteiger partial charge in [0.15, 0.2) is 0 Å². The Morgan fingerprint density at radius 3 is 1.23 bits per heavy atom. The van der Waals surface area contributed by atoms with Gasteiger partial charge in [0, 0.05) is 0 Å². The van der Waals surface area contributed by atoms with Crippen LogP contribution < -0.4 is 8.85 Å². The van der Waals surface area contributed by atoms with Crippen LogP contribution in [0.25, 0.3) is 0 Å². The number of benzene rings is 2. The summed E-state index contributed by atoms with van der Waals surface area (Å²) in [6.45, 7) is 18.2. The molecule has 0 unspecified atom stereocenters. The van der Waals surface area contributed by atoms with Crippen LogP contribution >= 0.6 is 0 Å². The summed E-state index contributed by atoms with van der Waals surface area (Å²) >= 11 is 0. The summed E-state index contributed by atoms with van der Waals surface area (Å²) in [5.74, 6) is 4.30. The lowest BCUT2D eigenvalue weighted by Crippen LogP contribution is -2.11. The van der Waals surface area contributed by atoms with Gasteiger partial charge in [-0.25, -0.2) is 0 Å². The number of hydrogen-bond acceptors (Lipinski definition) is 2. The lowest BCUT2D eigenvalue weighted by molar-refractivity contribution is 0.563. The Balaban J connectivity index is 1.91. The van der Waals surface area contributed by atoms with Crippen LogP contribution in [0.4, 0.5) is 0 Å². The summed E-state index contributed by atoms with van der Waals surface area (Å²) in [6, 6.07) is 15.5. The maximum absolute atomic E-state index is 6.36. The van der Waals surface area contributed by atoms with E-state index in [2.05, 4.69) is 91.8 Å². The van der Waals surface area contributed by atoms with Crippen molar-refractivity contribution in [2.75, 3.05) is 0 Å². The molecule has 2 nitrogen and oxygen atoms in total. The number of hydrogen-bond donors (Lipinski definition) is 0. The minimum Gasteiger partial charge on any atom is -0.549 e. The summed E-state index contributed by atoms with van der Waals surface area (Å²) in [5, 5.41) is 0. The zero-order chi connectivity index (χ0) is 22.3. The summed E-state index contributed by atoms with van der Waals surface area (Å²) in [6.07, 6.45) is 0. The summed E-state index contributed by atoms with van der Waals surface area (Å²) in [4.78, 5) is 0. The second-order valence-electron chi connectivity index (χ2n) is 9.54. The summed E-state index contributed by atoms with van der Waals surface area (Å²) in [5.41, 5.74) is 5.67. The van der Waals surface area contributed by atoms with E-state index in [0.717, 1.165) is 11.5 Å². The molecule has 2 rings (SSSR count). The first-order chi connectivity index (χ1) is 14.2. The standard InChI is InChI=1S/C26H42O2Si2/c1-17(2)21-11-9-13-23(25(21)19(5)6)27-29-15-16-30-28-24-14-10-12-22(18(3)4)26(24)20(7)8/h9-14,17-20H,15-16,29-30H2,1-8H3. The smallest absolute Gasteiger partial charge is 0.219 e. The van der Waals surface area contributed by atoms with Crippen molar-refractivity contribution < 1.29 is 8.85 Å². The van der Waals surface area contributed by atoms with Gasteiger partial charge in [0.2, 0.25) is 19.5 Å². The molecule has 166 valence electrons. The van der Waals surface area contributed by atoms with Crippen molar-refractivity contribution in [1.82, 2.24) is 0 Å². The molecule has 0 aliphatic heterocycles. The van der Waals surface area contributed by atoms with Crippen LogP contribution in [0.5, 0.6) is 11.5 Å². The molecule has 30 heavy (non-hydrogen) atoms. The molecule has 0 aliphatic carbocycles. The Morgan fingerprint density at radius 1 is 0.567 bits per heavy atom. The van der Waals surface area contributed by atoms with Crippen LogP contribution in [0.1, 0.15) is 101 Å². The molecule has 0 saturated carbocycles. The summed E-state index contributed by atoms with van der Waals surface area (Å²) < 4.78 is 12.7. The zero-order valence-corrected chi connectivity index (χ0v) is 23.2. The van der Waals surface area contributed by atoms with Crippen molar-refractivity contribution in [1.29, 1.82) is 0 Å². The van der Waals surface area contributed by atoms with E-state index in [1.54, 1.807) is 0 Å². The maximum Gasteiger partial charge on any atom is 0.219 e. The average Bonchev–Trinajstić information content (AvgIpc) is 2.69. The first kappa shape index (κ1) is 24.7. The third-order valence-corrected chi connectivity index (χ3v) is 9.26. The van der Waals surface area contributed by atoms with E-state index in [0.29, 0.717) is 23.7 Å². The van der Waals surface area contributed by atoms with E-state index < -0.39 is 19.5 Å². The van der Waals surface area contributed by atoms with Crippen molar-refractivity contribution >= 4 is 19.5 Å². The van der Waals surface area contributed by atoms with E-state index in [1.165, 1.54) is 34.3 Å². The van der Waals surface area contributed by atoms with E-state index in [-0.39, 0.29) is 0 Å². The van der Waals surface area contributed by atoms with Gasteiger partial charge in [-0.15, -0.1) is 0 Å². The van der Waals surface area contributed by atoms with Gasteiger partial charge in [0.1, 0.15) is 11.5 Å². The highest BCUT2D eigenvalue weighted by atomic mass is 28.2. The van der Waals surface area contributed by atoms with Crippen LogP contribution in [0.3, 0.4) is 0 Å². The molecule has 2 aromatic carbocycles. The highest BCUT2D eigenvalue weighted by Crippen LogP contribution is 2.35. The van der Waals surface area contributed by atoms with Crippen molar-refractivity contribution in [2.24, 2.45) is 0 Å². The van der Waals surface area contributed by atoms with E-state index in [4.69, 9.17) is 8.85 Å². The maximum atomic E-state index is 6.36. The third kappa shape index (κ3) is 6.48. The van der Waals surface area contributed by atoms with Crippen molar-refractivity contribution in [3.05, 3.63) is 58.7 Å². The van der Waals surface area contributed by atoms with Crippen LogP contribution in [0.2, 0.25) is 12.1 Å². The molecule has 0 N–H and O–H groups in total. The largest absolute Gasteiger partial charge is 0.549 e. The SMILES string of the molecule is CC(C)c1cccc(O[SiH2]CC[SiH2]Oc2cccc(C(C)C)c2C(C)C)c1C(C)C.